The van der Waals surface area contributed by atoms with Crippen molar-refractivity contribution in [1.29, 1.82) is 0 Å². The Balaban J connectivity index is -0.0000000300. The second-order valence-electron chi connectivity index (χ2n) is 0.500. The molecule has 0 aliphatic heterocycles. The van der Waals surface area contributed by atoms with Crippen molar-refractivity contribution in [3.05, 3.63) is 0 Å². The molecular formula is O6SnTi2Zr. The third-order valence-corrected chi connectivity index (χ3v) is 0. The second kappa shape index (κ2) is 17.6. The SMILES string of the molecule is [O]=[Ti]([O-])[O-].[O]=[Ti]([O-])[O-].[Sn+4].[Zr]. The molecule has 10 heteroatoms. The molecule has 0 amide bonds. The molecule has 0 bridgehead atoms. The third-order valence-electron chi connectivity index (χ3n) is 0. The molecule has 0 heterocycles. The van der Waals surface area contributed by atoms with Gasteiger partial charge in [0, 0.05) is 26.2 Å². The van der Waals surface area contributed by atoms with Crippen molar-refractivity contribution in [2.24, 2.45) is 0 Å². The zero-order chi connectivity index (χ0) is 7.15. The van der Waals surface area contributed by atoms with Crippen molar-refractivity contribution >= 4 is 23.9 Å². The van der Waals surface area contributed by atoms with Crippen LogP contribution in [0.15, 0.2) is 0 Å². The van der Waals surface area contributed by atoms with E-state index >= 15 is 0 Å². The van der Waals surface area contributed by atoms with E-state index in [-0.39, 0.29) is 50.1 Å². The standard InChI is InChI=1S/6O.Sn.2Ti.Zr/q;;4*-1;+4;;;. The molecular weight excluding hydrogens is 402 g/mol. The van der Waals surface area contributed by atoms with Crippen molar-refractivity contribution in [2.75, 3.05) is 0 Å². The second-order valence-corrected chi connectivity index (χ2v) is 2.06. The van der Waals surface area contributed by atoms with E-state index in [2.05, 4.69) is 0 Å². The van der Waals surface area contributed by atoms with Crippen LogP contribution in [0.2, 0.25) is 0 Å². The van der Waals surface area contributed by atoms with Crippen molar-refractivity contribution in [3.8, 4) is 0 Å². The maximum Gasteiger partial charge on any atom is 4.00 e. The summed E-state index contributed by atoms with van der Waals surface area (Å²) in [6, 6.07) is 0. The van der Waals surface area contributed by atoms with Crippen molar-refractivity contribution in [2.45, 2.75) is 0 Å². The average molecular weight is 402 g/mol. The summed E-state index contributed by atoms with van der Waals surface area (Å²) in [5.41, 5.74) is 0. The van der Waals surface area contributed by atoms with E-state index in [0.717, 1.165) is 0 Å². The summed E-state index contributed by atoms with van der Waals surface area (Å²) in [4.78, 5) is 0. The van der Waals surface area contributed by atoms with Gasteiger partial charge in [0.15, 0.2) is 0 Å². The Kier molecular flexibility index (Phi) is 40.3. The Morgan fingerprint density at radius 2 is 0.800 bits per heavy atom. The van der Waals surface area contributed by atoms with Gasteiger partial charge in [-0.1, -0.05) is 0 Å². The zero-order valence-electron chi connectivity index (χ0n) is 4.45. The number of hydrogen-bond acceptors (Lipinski definition) is 6. The van der Waals surface area contributed by atoms with Gasteiger partial charge < -0.3 is 0 Å². The van der Waals surface area contributed by atoms with Crippen molar-refractivity contribution < 1.29 is 84.8 Å². The van der Waals surface area contributed by atoms with E-state index < -0.39 is 37.2 Å². The van der Waals surface area contributed by atoms with E-state index in [0.29, 0.717) is 0 Å². The van der Waals surface area contributed by atoms with Gasteiger partial charge in [0.05, 0.1) is 0 Å². The van der Waals surface area contributed by atoms with E-state index in [4.69, 9.17) is 21.4 Å². The van der Waals surface area contributed by atoms with Crippen LogP contribution in [0.5, 0.6) is 0 Å². The molecule has 0 aromatic carbocycles. The molecule has 6 nitrogen and oxygen atoms in total. The van der Waals surface area contributed by atoms with Crippen molar-refractivity contribution in [3.63, 3.8) is 0 Å². The molecule has 0 aromatic rings. The fraction of sp³-hybridized carbons (Fsp3) is 0. The van der Waals surface area contributed by atoms with Crippen LogP contribution in [0.1, 0.15) is 0 Å². The van der Waals surface area contributed by atoms with Crippen LogP contribution in [0.3, 0.4) is 0 Å². The van der Waals surface area contributed by atoms with Crippen LogP contribution >= 0.6 is 0 Å². The predicted octanol–water partition coefficient (Wildman–Crippen LogP) is -5.38. The quantitative estimate of drug-likeness (QED) is 0.373. The molecule has 0 fully saturated rings. The summed E-state index contributed by atoms with van der Waals surface area (Å²) < 4.78 is 51.5. The summed E-state index contributed by atoms with van der Waals surface area (Å²) in [7, 11) is 0. The fourth-order valence-corrected chi connectivity index (χ4v) is 0. The predicted molar refractivity (Wildman–Crippen MR) is 7.13 cm³/mol. The van der Waals surface area contributed by atoms with E-state index in [1.54, 1.807) is 0 Å². The minimum atomic E-state index is -4.08. The Morgan fingerprint density at radius 3 is 0.800 bits per heavy atom. The summed E-state index contributed by atoms with van der Waals surface area (Å²) in [5, 5.41) is 0. The fourth-order valence-electron chi connectivity index (χ4n) is 0. The van der Waals surface area contributed by atoms with E-state index in [9.17, 15) is 0 Å². The van der Waals surface area contributed by atoms with Crippen LogP contribution in [0.4, 0.5) is 0 Å². The van der Waals surface area contributed by atoms with Crippen LogP contribution in [0, 0.1) is 0 Å². The first-order valence-corrected chi connectivity index (χ1v) is 5.05. The first-order chi connectivity index (χ1) is 3.46. The molecule has 0 aliphatic rings. The molecule has 0 N–H and O–H groups in total. The molecule has 0 aliphatic carbocycles. The van der Waals surface area contributed by atoms with Gasteiger partial charge in [-0.2, -0.15) is 0 Å². The van der Waals surface area contributed by atoms with Gasteiger partial charge >= 0.3 is 82.5 Å². The van der Waals surface area contributed by atoms with E-state index in [1.807, 2.05) is 0 Å². The van der Waals surface area contributed by atoms with Gasteiger partial charge in [-0.15, -0.1) is 0 Å². The van der Waals surface area contributed by atoms with Crippen LogP contribution in [0.25, 0.3) is 0 Å². The Bertz CT molecular complexity index is 73.7. The molecule has 0 atom stereocenters. The summed E-state index contributed by atoms with van der Waals surface area (Å²) in [6.45, 7) is 0. The molecule has 0 radical (unpaired) electrons. The molecule has 0 saturated heterocycles. The van der Waals surface area contributed by atoms with Crippen LogP contribution in [-0.2, 0) is 70.1 Å². The number of rotatable bonds is 0. The molecule has 10 heavy (non-hydrogen) atoms. The van der Waals surface area contributed by atoms with Gasteiger partial charge in [0.2, 0.25) is 0 Å². The minimum Gasteiger partial charge on any atom is 0 e. The zero-order valence-corrected chi connectivity index (χ0v) is 12.9. The maximum absolute atomic E-state index is 8.58. The smallest absolute Gasteiger partial charge is 0 e. The first kappa shape index (κ1) is 22.9. The molecule has 0 saturated carbocycles. The Hall–Kier alpha value is 2.55. The van der Waals surface area contributed by atoms with Gasteiger partial charge in [0.25, 0.3) is 0 Å². The molecule has 0 spiro atoms. The van der Waals surface area contributed by atoms with Crippen LogP contribution < -0.4 is 14.8 Å². The molecule has 0 unspecified atom stereocenters. The van der Waals surface area contributed by atoms with Gasteiger partial charge in [-0.05, 0) is 0 Å². The van der Waals surface area contributed by atoms with Gasteiger partial charge in [-0.25, -0.2) is 0 Å². The molecule has 52 valence electrons. The molecule has 0 rings (SSSR count). The van der Waals surface area contributed by atoms with Gasteiger partial charge in [0.1, 0.15) is 0 Å². The normalized spacial score (nSPS) is 5.20. The third kappa shape index (κ3) is 148. The van der Waals surface area contributed by atoms with Crippen LogP contribution in [-0.4, -0.2) is 23.9 Å². The molecule has 0 aromatic heterocycles. The van der Waals surface area contributed by atoms with Crippen molar-refractivity contribution in [1.82, 2.24) is 0 Å². The Labute approximate surface area is 107 Å². The average Bonchev–Trinajstić information content (AvgIpc) is 1.25. The van der Waals surface area contributed by atoms with E-state index in [1.165, 1.54) is 0 Å². The van der Waals surface area contributed by atoms with Gasteiger partial charge in [-0.3, -0.25) is 0 Å². The summed E-state index contributed by atoms with van der Waals surface area (Å²) >= 11 is -8.17. The topological polar surface area (TPSA) is 126 Å². The summed E-state index contributed by atoms with van der Waals surface area (Å²) in [6.07, 6.45) is 0. The minimum absolute atomic E-state index is 0. The maximum atomic E-state index is 8.58. The summed E-state index contributed by atoms with van der Waals surface area (Å²) in [5.74, 6) is 0. The number of hydrogen-bond donors (Lipinski definition) is 0. The Morgan fingerprint density at radius 1 is 0.800 bits per heavy atom. The monoisotopic (exact) mass is 402 g/mol. The largest absolute Gasteiger partial charge is 4.00 e. The first-order valence-electron chi connectivity index (χ1n) is 1.22.